The molecule has 0 radical (unpaired) electrons. The van der Waals surface area contributed by atoms with Gasteiger partial charge < -0.3 is 14.2 Å². The van der Waals surface area contributed by atoms with Crippen molar-refractivity contribution < 1.29 is 23.8 Å². The van der Waals surface area contributed by atoms with Crippen molar-refractivity contribution in [1.29, 1.82) is 0 Å². The average molecular weight is 839 g/mol. The van der Waals surface area contributed by atoms with Crippen molar-refractivity contribution >= 4 is 11.9 Å². The molecule has 0 aromatic rings. The molecule has 60 heavy (non-hydrogen) atoms. The van der Waals surface area contributed by atoms with Gasteiger partial charge in [-0.05, 0) is 64.2 Å². The Labute approximate surface area is 373 Å². The van der Waals surface area contributed by atoms with Gasteiger partial charge in [-0.2, -0.15) is 0 Å². The summed E-state index contributed by atoms with van der Waals surface area (Å²) < 4.78 is 17.4. The largest absolute Gasteiger partial charge is 0.462 e. The molecule has 0 amide bonds. The molecule has 0 bridgehead atoms. The van der Waals surface area contributed by atoms with Gasteiger partial charge in [-0.1, -0.05) is 236 Å². The van der Waals surface area contributed by atoms with Crippen LogP contribution in [0.5, 0.6) is 0 Å². The molecule has 0 saturated heterocycles. The SMILES string of the molecule is CC/C=C\C/C=C\C/C=C\C/C=C\C/C=C\CCCCCC(=O)OCC(COCCCCCCCCCCCCCC)OC(=O)CCCCCCCCCCCCCCC. The third-order valence-corrected chi connectivity index (χ3v) is 11.1. The lowest BCUT2D eigenvalue weighted by Crippen LogP contribution is -2.30. The molecule has 0 aliphatic carbocycles. The zero-order valence-electron chi connectivity index (χ0n) is 40.0. The van der Waals surface area contributed by atoms with Crippen LogP contribution in [0.2, 0.25) is 0 Å². The Kier molecular flexibility index (Phi) is 48.9. The van der Waals surface area contributed by atoms with Crippen molar-refractivity contribution in [3.8, 4) is 0 Å². The Morgan fingerprint density at radius 1 is 0.383 bits per heavy atom. The summed E-state index contributed by atoms with van der Waals surface area (Å²) in [5.74, 6) is -0.425. The van der Waals surface area contributed by atoms with Gasteiger partial charge in [0.15, 0.2) is 6.10 Å². The van der Waals surface area contributed by atoms with Crippen LogP contribution in [0.3, 0.4) is 0 Å². The molecule has 0 aliphatic heterocycles. The maximum Gasteiger partial charge on any atom is 0.306 e. The van der Waals surface area contributed by atoms with E-state index in [1.807, 2.05) is 0 Å². The van der Waals surface area contributed by atoms with E-state index >= 15 is 0 Å². The van der Waals surface area contributed by atoms with Crippen LogP contribution in [0.15, 0.2) is 60.8 Å². The molecule has 0 aliphatic rings. The number of allylic oxidation sites excluding steroid dienone is 10. The maximum atomic E-state index is 12.8. The Bertz CT molecular complexity index is 1040. The van der Waals surface area contributed by atoms with E-state index in [4.69, 9.17) is 14.2 Å². The highest BCUT2D eigenvalue weighted by Gasteiger charge is 2.17. The Morgan fingerprint density at radius 3 is 1.20 bits per heavy atom. The molecule has 0 rings (SSSR count). The first-order valence-electron chi connectivity index (χ1n) is 25.8. The molecule has 0 spiro atoms. The van der Waals surface area contributed by atoms with Crippen LogP contribution in [0.4, 0.5) is 0 Å². The first kappa shape index (κ1) is 57.6. The lowest BCUT2D eigenvalue weighted by atomic mass is 10.0. The Hall–Kier alpha value is -2.40. The van der Waals surface area contributed by atoms with Crippen LogP contribution < -0.4 is 0 Å². The summed E-state index contributed by atoms with van der Waals surface area (Å²) in [5, 5.41) is 0. The quantitative estimate of drug-likeness (QED) is 0.0347. The van der Waals surface area contributed by atoms with E-state index in [-0.39, 0.29) is 25.2 Å². The third kappa shape index (κ3) is 48.3. The monoisotopic (exact) mass is 839 g/mol. The molecule has 0 fully saturated rings. The summed E-state index contributed by atoms with van der Waals surface area (Å²) in [6.45, 7) is 7.71. The fourth-order valence-electron chi connectivity index (χ4n) is 7.24. The number of unbranched alkanes of at least 4 members (excludes halogenated alkanes) is 26. The maximum absolute atomic E-state index is 12.8. The lowest BCUT2D eigenvalue weighted by molar-refractivity contribution is -0.163. The van der Waals surface area contributed by atoms with Crippen molar-refractivity contribution in [3.63, 3.8) is 0 Å². The number of esters is 2. The molecule has 0 saturated carbocycles. The summed E-state index contributed by atoms with van der Waals surface area (Å²) in [5.41, 5.74) is 0. The van der Waals surface area contributed by atoms with Gasteiger partial charge in [-0.3, -0.25) is 9.59 Å². The molecule has 5 heteroatoms. The standard InChI is InChI=1S/C55H98O5/c1-4-7-10-13-16-19-22-25-26-27-28-29-30-32-33-36-39-42-45-48-54(56)59-52-53(51-58-50-47-44-41-38-35-24-21-18-15-12-9-6-3)60-55(57)49-46-43-40-37-34-31-23-20-17-14-11-8-5-2/h7,10,16,19,25-26,28-29,32-33,53H,4-6,8-9,11-15,17-18,20-24,27,30-31,34-52H2,1-3H3/b10-7-,19-16-,26-25-,29-28-,33-32-. The first-order valence-corrected chi connectivity index (χ1v) is 25.8. The summed E-state index contributed by atoms with van der Waals surface area (Å²) in [6.07, 6.45) is 63.6. The van der Waals surface area contributed by atoms with Gasteiger partial charge in [0, 0.05) is 19.4 Å². The first-order chi connectivity index (χ1) is 29.6. The van der Waals surface area contributed by atoms with Gasteiger partial charge in [0.1, 0.15) is 6.61 Å². The topological polar surface area (TPSA) is 61.8 Å². The molecular formula is C55H98O5. The lowest BCUT2D eigenvalue weighted by Gasteiger charge is -2.18. The number of rotatable bonds is 47. The minimum Gasteiger partial charge on any atom is -0.462 e. The van der Waals surface area contributed by atoms with E-state index in [1.165, 1.54) is 135 Å². The highest BCUT2D eigenvalue weighted by molar-refractivity contribution is 5.70. The molecule has 0 aromatic carbocycles. The van der Waals surface area contributed by atoms with Crippen molar-refractivity contribution in [1.82, 2.24) is 0 Å². The van der Waals surface area contributed by atoms with E-state index in [1.54, 1.807) is 0 Å². The van der Waals surface area contributed by atoms with Crippen molar-refractivity contribution in [2.75, 3.05) is 19.8 Å². The smallest absolute Gasteiger partial charge is 0.306 e. The van der Waals surface area contributed by atoms with Gasteiger partial charge in [0.25, 0.3) is 0 Å². The van der Waals surface area contributed by atoms with E-state index in [2.05, 4.69) is 81.5 Å². The van der Waals surface area contributed by atoms with E-state index in [9.17, 15) is 9.59 Å². The number of hydrogen-bond donors (Lipinski definition) is 0. The van der Waals surface area contributed by atoms with Crippen LogP contribution >= 0.6 is 0 Å². The summed E-state index contributed by atoms with van der Waals surface area (Å²) in [7, 11) is 0. The molecule has 0 N–H and O–H groups in total. The van der Waals surface area contributed by atoms with Gasteiger partial charge in [-0.15, -0.1) is 0 Å². The normalized spacial score (nSPS) is 12.7. The fourth-order valence-corrected chi connectivity index (χ4v) is 7.24. The van der Waals surface area contributed by atoms with Gasteiger partial charge in [0.2, 0.25) is 0 Å². The van der Waals surface area contributed by atoms with Crippen molar-refractivity contribution in [3.05, 3.63) is 60.8 Å². The molecule has 5 nitrogen and oxygen atoms in total. The summed E-state index contributed by atoms with van der Waals surface area (Å²) >= 11 is 0. The fraction of sp³-hybridized carbons (Fsp3) is 0.782. The number of carbonyl (C=O) groups is 2. The van der Waals surface area contributed by atoms with Crippen LogP contribution in [0.25, 0.3) is 0 Å². The average Bonchev–Trinajstić information content (AvgIpc) is 3.25. The van der Waals surface area contributed by atoms with Crippen molar-refractivity contribution in [2.24, 2.45) is 0 Å². The van der Waals surface area contributed by atoms with Crippen LogP contribution in [-0.4, -0.2) is 37.9 Å². The predicted octanol–water partition coefficient (Wildman–Crippen LogP) is 17.3. The van der Waals surface area contributed by atoms with Crippen LogP contribution in [0, 0.1) is 0 Å². The highest BCUT2D eigenvalue weighted by atomic mass is 16.6. The third-order valence-electron chi connectivity index (χ3n) is 11.1. The zero-order valence-corrected chi connectivity index (χ0v) is 40.0. The Balaban J connectivity index is 4.29. The highest BCUT2D eigenvalue weighted by Crippen LogP contribution is 2.15. The van der Waals surface area contributed by atoms with Gasteiger partial charge in [0.05, 0.1) is 6.61 Å². The molecule has 1 unspecified atom stereocenters. The molecule has 348 valence electrons. The second-order valence-electron chi connectivity index (χ2n) is 17.1. The number of ether oxygens (including phenoxy) is 3. The van der Waals surface area contributed by atoms with E-state index in [0.29, 0.717) is 19.4 Å². The van der Waals surface area contributed by atoms with Crippen LogP contribution in [-0.2, 0) is 23.8 Å². The second-order valence-corrected chi connectivity index (χ2v) is 17.1. The molecule has 1 atom stereocenters. The predicted molar refractivity (Wildman–Crippen MR) is 261 cm³/mol. The van der Waals surface area contributed by atoms with E-state index < -0.39 is 6.10 Å². The molecule has 0 heterocycles. The minimum absolute atomic E-state index is 0.0711. The molecule has 0 aromatic heterocycles. The van der Waals surface area contributed by atoms with E-state index in [0.717, 1.165) is 83.5 Å². The number of carbonyl (C=O) groups excluding carboxylic acids is 2. The minimum atomic E-state index is -0.545. The number of hydrogen-bond acceptors (Lipinski definition) is 5. The zero-order chi connectivity index (χ0) is 43.5. The Morgan fingerprint density at radius 2 is 0.750 bits per heavy atom. The second kappa shape index (κ2) is 51.0. The van der Waals surface area contributed by atoms with Gasteiger partial charge >= 0.3 is 11.9 Å². The summed E-state index contributed by atoms with van der Waals surface area (Å²) in [4.78, 5) is 25.4. The van der Waals surface area contributed by atoms with Crippen molar-refractivity contribution in [2.45, 2.75) is 258 Å². The van der Waals surface area contributed by atoms with Crippen LogP contribution in [0.1, 0.15) is 252 Å². The molecular weight excluding hydrogens is 741 g/mol. The van der Waals surface area contributed by atoms with Gasteiger partial charge in [-0.25, -0.2) is 0 Å². The summed E-state index contributed by atoms with van der Waals surface area (Å²) in [6, 6.07) is 0.